The molecule has 0 aliphatic heterocycles. The Hall–Kier alpha value is 1.89. The summed E-state index contributed by atoms with van der Waals surface area (Å²) < 4.78 is 0. The van der Waals surface area contributed by atoms with Gasteiger partial charge in [0, 0.05) is 35.6 Å². The predicted octanol–water partition coefficient (Wildman–Crippen LogP) is -0.368. The molecule has 0 rings (SSSR count). The van der Waals surface area contributed by atoms with Gasteiger partial charge in [-0.2, -0.15) is 9.90 Å². The molecule has 0 aromatic heterocycles. The third-order valence-electron chi connectivity index (χ3n) is 0. The van der Waals surface area contributed by atoms with Crippen LogP contribution in [0.2, 0.25) is 0 Å². The summed E-state index contributed by atoms with van der Waals surface area (Å²) in [5, 5.41) is 13.9. The number of carboxylic acid groups (broad SMARTS) is 2. The van der Waals surface area contributed by atoms with Gasteiger partial charge >= 0.3 is 35.7 Å². The first-order chi connectivity index (χ1) is 1.73. The summed E-state index contributed by atoms with van der Waals surface area (Å²) in [4.78, 5) is 8.56. The molecule has 0 aromatic rings. The Morgan fingerprint density at radius 3 is 1.29 bits per heavy atom. The Balaban J connectivity index is -0.0000000150. The maximum absolute atomic E-state index is 8.56. The van der Waals surface area contributed by atoms with E-state index in [4.69, 9.17) is 15.0 Å². The Morgan fingerprint density at radius 2 is 1.29 bits per heavy atom. The molecule has 0 aliphatic rings. The molecular weight excluding hydrogens is 253 g/mol. The van der Waals surface area contributed by atoms with Crippen LogP contribution >= 0.6 is 9.90 Å². The molecule has 1 radical (unpaired) electrons. The number of hydrogen-bond donors (Lipinski definition) is 2. The molecular formula is CH6LaNaO3P. The van der Waals surface area contributed by atoms with Crippen molar-refractivity contribution in [1.29, 1.82) is 0 Å². The van der Waals surface area contributed by atoms with Gasteiger partial charge in [0.15, 0.2) is 0 Å². The molecule has 0 spiro atoms. The first kappa shape index (κ1) is 23.1. The van der Waals surface area contributed by atoms with Crippen LogP contribution in [0, 0.1) is 35.6 Å². The van der Waals surface area contributed by atoms with Crippen molar-refractivity contribution in [1.82, 2.24) is 0 Å². The van der Waals surface area contributed by atoms with Gasteiger partial charge in [-0.25, -0.2) is 4.79 Å². The maximum atomic E-state index is 8.56. The van der Waals surface area contributed by atoms with Gasteiger partial charge in [-0.1, -0.05) is 0 Å². The van der Waals surface area contributed by atoms with E-state index in [2.05, 4.69) is 0 Å². The average Bonchev–Trinajstić information content (AvgIpc) is 0.811. The molecule has 0 heterocycles. The zero-order chi connectivity index (χ0) is 3.58. The normalized spacial score (nSPS) is 3.43. The van der Waals surface area contributed by atoms with E-state index in [1.807, 2.05) is 0 Å². The van der Waals surface area contributed by atoms with E-state index in [0.717, 1.165) is 0 Å². The van der Waals surface area contributed by atoms with Gasteiger partial charge in [0.25, 0.3) is 0 Å². The fourth-order valence-electron chi connectivity index (χ4n) is 0. The summed E-state index contributed by atoms with van der Waals surface area (Å²) in [7, 11) is 0. The fraction of sp³-hybridized carbons (Fsp3) is 0. The number of rotatable bonds is 0. The van der Waals surface area contributed by atoms with E-state index in [1.165, 1.54) is 0 Å². The van der Waals surface area contributed by atoms with Gasteiger partial charge in [0.2, 0.25) is 0 Å². The van der Waals surface area contributed by atoms with Crippen molar-refractivity contribution in [2.45, 2.75) is 0 Å². The van der Waals surface area contributed by atoms with Gasteiger partial charge in [0.1, 0.15) is 0 Å². The minimum atomic E-state index is -1.83. The van der Waals surface area contributed by atoms with Crippen LogP contribution in [-0.4, -0.2) is 45.9 Å². The van der Waals surface area contributed by atoms with E-state index < -0.39 is 6.16 Å². The molecule has 0 aromatic carbocycles. The van der Waals surface area contributed by atoms with Crippen molar-refractivity contribution in [2.24, 2.45) is 0 Å². The standard InChI is InChI=1S/CH2O3.La.Na.H3P.H/c2-1(3)4;;;;/h(H2,2,3,4);;;1H3;. The molecule has 7 heavy (non-hydrogen) atoms. The van der Waals surface area contributed by atoms with Crippen LogP contribution in [0.3, 0.4) is 0 Å². The molecule has 1 atom stereocenters. The summed E-state index contributed by atoms with van der Waals surface area (Å²) in [6.07, 6.45) is -1.83. The average molecular weight is 259 g/mol. The number of hydrogen-bond acceptors (Lipinski definition) is 1. The van der Waals surface area contributed by atoms with Crippen molar-refractivity contribution in [2.75, 3.05) is 0 Å². The fourth-order valence-corrected chi connectivity index (χ4v) is 0. The van der Waals surface area contributed by atoms with Gasteiger partial charge in [-0.05, 0) is 0 Å². The van der Waals surface area contributed by atoms with Crippen molar-refractivity contribution in [3.8, 4) is 0 Å². The zero-order valence-electron chi connectivity index (χ0n) is 3.09. The topological polar surface area (TPSA) is 57.5 Å². The third-order valence-corrected chi connectivity index (χ3v) is 0. The Labute approximate surface area is 94.8 Å². The van der Waals surface area contributed by atoms with E-state index in [9.17, 15) is 0 Å². The van der Waals surface area contributed by atoms with Gasteiger partial charge < -0.3 is 10.2 Å². The van der Waals surface area contributed by atoms with Crippen molar-refractivity contribution in [3.05, 3.63) is 0 Å². The second-order valence-corrected chi connectivity index (χ2v) is 0.283. The van der Waals surface area contributed by atoms with E-state index >= 15 is 0 Å². The van der Waals surface area contributed by atoms with E-state index in [0.29, 0.717) is 0 Å². The van der Waals surface area contributed by atoms with Crippen LogP contribution in [0.1, 0.15) is 0 Å². The zero-order valence-corrected chi connectivity index (χ0v) is 8.13. The molecule has 1 unspecified atom stereocenters. The first-order valence-corrected chi connectivity index (χ1v) is 0.651. The van der Waals surface area contributed by atoms with E-state index in [1.54, 1.807) is 0 Å². The summed E-state index contributed by atoms with van der Waals surface area (Å²) >= 11 is 0. The Morgan fingerprint density at radius 1 is 1.29 bits per heavy atom. The Kier molecular flexibility index (Phi) is 51.8. The molecule has 0 bridgehead atoms. The Bertz CT molecular complexity index is 37.9. The summed E-state index contributed by atoms with van der Waals surface area (Å²) in [5.74, 6) is 0. The summed E-state index contributed by atoms with van der Waals surface area (Å²) in [6, 6.07) is 0. The van der Waals surface area contributed by atoms with Gasteiger partial charge in [-0.3, -0.25) is 0 Å². The molecule has 3 nitrogen and oxygen atoms in total. The van der Waals surface area contributed by atoms with Crippen molar-refractivity contribution < 1.29 is 50.6 Å². The van der Waals surface area contributed by atoms with Crippen LogP contribution in [0.5, 0.6) is 0 Å². The quantitative estimate of drug-likeness (QED) is 0.461. The SMILES string of the molecule is O=C(O)O.P.[La].[NaH]. The molecule has 0 amide bonds. The molecule has 0 fully saturated rings. The monoisotopic (exact) mass is 259 g/mol. The van der Waals surface area contributed by atoms with Crippen molar-refractivity contribution >= 4 is 45.6 Å². The minimum absolute atomic E-state index is 0. The van der Waals surface area contributed by atoms with Crippen LogP contribution < -0.4 is 0 Å². The van der Waals surface area contributed by atoms with Gasteiger partial charge in [-0.15, -0.1) is 0 Å². The van der Waals surface area contributed by atoms with Gasteiger partial charge in [0.05, 0.1) is 0 Å². The molecule has 0 aliphatic carbocycles. The molecule has 6 heteroatoms. The molecule has 37 valence electrons. The van der Waals surface area contributed by atoms with E-state index in [-0.39, 0.29) is 75.1 Å². The number of carbonyl (C=O) groups is 1. The summed E-state index contributed by atoms with van der Waals surface area (Å²) in [6.45, 7) is 0. The molecule has 0 saturated heterocycles. The molecule has 2 N–H and O–H groups in total. The third kappa shape index (κ3) is 76.4. The van der Waals surface area contributed by atoms with Crippen LogP contribution in [0.25, 0.3) is 0 Å². The molecule has 0 saturated carbocycles. The second kappa shape index (κ2) is 15.7. The van der Waals surface area contributed by atoms with Crippen LogP contribution in [-0.2, 0) is 0 Å². The second-order valence-electron chi connectivity index (χ2n) is 0.283. The van der Waals surface area contributed by atoms with Crippen LogP contribution in [0.15, 0.2) is 0 Å². The van der Waals surface area contributed by atoms with Crippen molar-refractivity contribution in [3.63, 3.8) is 0 Å². The summed E-state index contributed by atoms with van der Waals surface area (Å²) in [5.41, 5.74) is 0. The predicted molar refractivity (Wildman–Crippen MR) is 28.9 cm³/mol. The first-order valence-electron chi connectivity index (χ1n) is 0.651. The van der Waals surface area contributed by atoms with Crippen LogP contribution in [0.4, 0.5) is 4.79 Å².